The number of likely N-dealkylation sites (tertiary alicyclic amines) is 1. The Kier molecular flexibility index (Phi) is 5.83. The number of rotatable bonds is 6. The molecule has 1 fully saturated rings. The summed E-state index contributed by atoms with van der Waals surface area (Å²) < 4.78 is 0. The van der Waals surface area contributed by atoms with Crippen molar-refractivity contribution >= 4 is 0 Å². The third-order valence-corrected chi connectivity index (χ3v) is 4.89. The molecule has 1 aliphatic heterocycles. The number of benzene rings is 1. The van der Waals surface area contributed by atoms with E-state index in [9.17, 15) is 5.11 Å². The van der Waals surface area contributed by atoms with E-state index in [1.165, 1.54) is 38.8 Å². The standard InChI is InChI=1S/C19H31NO/c1-4-8-16-11-13-20(14-12-16)15-19(2,3)18(21)17-9-6-5-7-10-17/h5-7,9-10,16,18,21H,4,8,11-15H2,1-3H3. The predicted molar refractivity (Wildman–Crippen MR) is 89.3 cm³/mol. The van der Waals surface area contributed by atoms with E-state index in [1.807, 2.05) is 30.3 Å². The van der Waals surface area contributed by atoms with Crippen molar-refractivity contribution < 1.29 is 5.11 Å². The largest absolute Gasteiger partial charge is 0.388 e. The number of hydrogen-bond acceptors (Lipinski definition) is 2. The number of hydrogen-bond donors (Lipinski definition) is 1. The number of aliphatic hydroxyl groups is 1. The van der Waals surface area contributed by atoms with Crippen molar-refractivity contribution in [1.82, 2.24) is 4.90 Å². The fraction of sp³-hybridized carbons (Fsp3) is 0.684. The SMILES string of the molecule is CCCC1CCN(CC(C)(C)C(O)c2ccccc2)CC1. The number of piperidine rings is 1. The van der Waals surface area contributed by atoms with Crippen LogP contribution in [0.4, 0.5) is 0 Å². The van der Waals surface area contributed by atoms with Crippen LogP contribution in [0.3, 0.4) is 0 Å². The van der Waals surface area contributed by atoms with Gasteiger partial charge in [0, 0.05) is 12.0 Å². The zero-order chi connectivity index (χ0) is 15.3. The Hall–Kier alpha value is -0.860. The summed E-state index contributed by atoms with van der Waals surface area (Å²) in [6, 6.07) is 10.1. The van der Waals surface area contributed by atoms with E-state index >= 15 is 0 Å². The molecule has 1 saturated heterocycles. The predicted octanol–water partition coefficient (Wildman–Crippen LogP) is 4.26. The minimum atomic E-state index is -0.396. The molecule has 21 heavy (non-hydrogen) atoms. The lowest BCUT2D eigenvalue weighted by Gasteiger charge is -2.39. The highest BCUT2D eigenvalue weighted by Gasteiger charge is 2.32. The Morgan fingerprint density at radius 2 is 1.81 bits per heavy atom. The molecule has 0 saturated carbocycles. The van der Waals surface area contributed by atoms with E-state index in [0.29, 0.717) is 0 Å². The minimum Gasteiger partial charge on any atom is -0.388 e. The Labute approximate surface area is 130 Å². The highest BCUT2D eigenvalue weighted by molar-refractivity contribution is 5.19. The van der Waals surface area contributed by atoms with Gasteiger partial charge < -0.3 is 10.0 Å². The molecule has 1 aromatic carbocycles. The van der Waals surface area contributed by atoms with E-state index < -0.39 is 6.10 Å². The maximum absolute atomic E-state index is 10.7. The Morgan fingerprint density at radius 1 is 1.19 bits per heavy atom. The van der Waals surface area contributed by atoms with Crippen molar-refractivity contribution in [2.45, 2.75) is 52.6 Å². The molecule has 1 heterocycles. The third-order valence-electron chi connectivity index (χ3n) is 4.89. The smallest absolute Gasteiger partial charge is 0.0853 e. The molecule has 1 aliphatic rings. The molecule has 1 unspecified atom stereocenters. The van der Waals surface area contributed by atoms with Gasteiger partial charge in [-0.05, 0) is 37.4 Å². The fourth-order valence-electron chi connectivity index (χ4n) is 3.59. The maximum Gasteiger partial charge on any atom is 0.0853 e. The van der Waals surface area contributed by atoms with Crippen molar-refractivity contribution in [3.05, 3.63) is 35.9 Å². The van der Waals surface area contributed by atoms with Crippen LogP contribution >= 0.6 is 0 Å². The van der Waals surface area contributed by atoms with Crippen molar-refractivity contribution in [3.8, 4) is 0 Å². The zero-order valence-electron chi connectivity index (χ0n) is 13.9. The van der Waals surface area contributed by atoms with E-state index in [0.717, 1.165) is 18.0 Å². The first-order chi connectivity index (χ1) is 10.0. The van der Waals surface area contributed by atoms with E-state index in [-0.39, 0.29) is 5.41 Å². The molecule has 0 bridgehead atoms. The first-order valence-electron chi connectivity index (χ1n) is 8.48. The summed E-state index contributed by atoms with van der Waals surface area (Å²) in [5.41, 5.74) is 0.919. The van der Waals surface area contributed by atoms with Crippen LogP contribution in [0.25, 0.3) is 0 Å². The molecule has 118 valence electrons. The summed E-state index contributed by atoms with van der Waals surface area (Å²) in [7, 11) is 0. The third kappa shape index (κ3) is 4.55. The van der Waals surface area contributed by atoms with Gasteiger partial charge >= 0.3 is 0 Å². The highest BCUT2D eigenvalue weighted by Crippen LogP contribution is 2.35. The molecule has 0 aromatic heterocycles. The van der Waals surface area contributed by atoms with E-state index in [4.69, 9.17) is 0 Å². The van der Waals surface area contributed by atoms with Gasteiger partial charge in [0.1, 0.15) is 0 Å². The molecule has 2 rings (SSSR count). The maximum atomic E-state index is 10.7. The average Bonchev–Trinajstić information content (AvgIpc) is 2.49. The van der Waals surface area contributed by atoms with Gasteiger partial charge in [0.05, 0.1) is 6.10 Å². The molecular formula is C19H31NO. The first-order valence-corrected chi connectivity index (χ1v) is 8.48. The summed E-state index contributed by atoms with van der Waals surface area (Å²) in [6.07, 6.45) is 4.94. The lowest BCUT2D eigenvalue weighted by molar-refractivity contribution is 0.0116. The van der Waals surface area contributed by atoms with Gasteiger partial charge in [-0.3, -0.25) is 0 Å². The van der Waals surface area contributed by atoms with Crippen LogP contribution in [-0.4, -0.2) is 29.6 Å². The zero-order valence-corrected chi connectivity index (χ0v) is 13.9. The van der Waals surface area contributed by atoms with Gasteiger partial charge in [-0.25, -0.2) is 0 Å². The summed E-state index contributed by atoms with van der Waals surface area (Å²) in [5, 5.41) is 10.7. The van der Waals surface area contributed by atoms with Gasteiger partial charge in [-0.2, -0.15) is 0 Å². The Bertz CT molecular complexity index is 407. The molecule has 0 spiro atoms. The summed E-state index contributed by atoms with van der Waals surface area (Å²) >= 11 is 0. The second-order valence-electron chi connectivity index (χ2n) is 7.31. The monoisotopic (exact) mass is 289 g/mol. The van der Waals surface area contributed by atoms with Crippen LogP contribution in [0.5, 0.6) is 0 Å². The minimum absolute atomic E-state index is 0.112. The summed E-state index contributed by atoms with van der Waals surface area (Å²) in [5.74, 6) is 0.924. The van der Waals surface area contributed by atoms with Gasteiger partial charge in [-0.1, -0.05) is 63.9 Å². The molecule has 1 aromatic rings. The van der Waals surface area contributed by atoms with Crippen LogP contribution in [0, 0.1) is 11.3 Å². The number of nitrogens with zero attached hydrogens (tertiary/aromatic N) is 1. The molecule has 0 aliphatic carbocycles. The summed E-state index contributed by atoms with van der Waals surface area (Å²) in [4.78, 5) is 2.54. The first kappa shape index (κ1) is 16.5. The molecule has 0 radical (unpaired) electrons. The molecular weight excluding hydrogens is 258 g/mol. The Morgan fingerprint density at radius 3 is 2.38 bits per heavy atom. The molecule has 1 atom stereocenters. The Balaban J connectivity index is 1.89. The van der Waals surface area contributed by atoms with Gasteiger partial charge in [0.25, 0.3) is 0 Å². The van der Waals surface area contributed by atoms with Gasteiger partial charge in [0.2, 0.25) is 0 Å². The summed E-state index contributed by atoms with van der Waals surface area (Å²) in [6.45, 7) is 10.0. The van der Waals surface area contributed by atoms with Crippen LogP contribution < -0.4 is 0 Å². The van der Waals surface area contributed by atoms with Crippen molar-refractivity contribution in [2.24, 2.45) is 11.3 Å². The molecule has 0 amide bonds. The average molecular weight is 289 g/mol. The fourth-order valence-corrected chi connectivity index (χ4v) is 3.59. The van der Waals surface area contributed by atoms with Crippen LogP contribution in [0.1, 0.15) is 58.1 Å². The molecule has 2 heteroatoms. The highest BCUT2D eigenvalue weighted by atomic mass is 16.3. The molecule has 2 nitrogen and oxygen atoms in total. The van der Waals surface area contributed by atoms with Crippen molar-refractivity contribution in [1.29, 1.82) is 0 Å². The van der Waals surface area contributed by atoms with Crippen LogP contribution in [0.15, 0.2) is 30.3 Å². The second kappa shape index (κ2) is 7.42. The normalized spacial score (nSPS) is 19.6. The van der Waals surface area contributed by atoms with Crippen LogP contribution in [-0.2, 0) is 0 Å². The lowest BCUT2D eigenvalue weighted by atomic mass is 9.81. The lowest BCUT2D eigenvalue weighted by Crippen LogP contribution is -2.42. The van der Waals surface area contributed by atoms with E-state index in [1.54, 1.807) is 0 Å². The molecule has 1 N–H and O–H groups in total. The van der Waals surface area contributed by atoms with E-state index in [2.05, 4.69) is 25.7 Å². The van der Waals surface area contributed by atoms with Gasteiger partial charge in [0.15, 0.2) is 0 Å². The quantitative estimate of drug-likeness (QED) is 0.846. The van der Waals surface area contributed by atoms with Gasteiger partial charge in [-0.15, -0.1) is 0 Å². The van der Waals surface area contributed by atoms with Crippen molar-refractivity contribution in [3.63, 3.8) is 0 Å². The second-order valence-corrected chi connectivity index (χ2v) is 7.31. The number of aliphatic hydroxyl groups excluding tert-OH is 1. The van der Waals surface area contributed by atoms with Crippen molar-refractivity contribution in [2.75, 3.05) is 19.6 Å². The van der Waals surface area contributed by atoms with Crippen LogP contribution in [0.2, 0.25) is 0 Å². The topological polar surface area (TPSA) is 23.5 Å².